The minimum atomic E-state index is -1.02. The number of nitrogen functional groups attached to an aromatic ring is 1. The summed E-state index contributed by atoms with van der Waals surface area (Å²) in [5.74, 6) is -0.0141. The van der Waals surface area contributed by atoms with Crippen molar-refractivity contribution in [3.63, 3.8) is 0 Å². The van der Waals surface area contributed by atoms with E-state index in [2.05, 4.69) is 25.8 Å². The zero-order chi connectivity index (χ0) is 22.7. The second-order valence-electron chi connectivity index (χ2n) is 7.77. The van der Waals surface area contributed by atoms with Crippen molar-refractivity contribution >= 4 is 35.0 Å². The lowest BCUT2D eigenvalue weighted by molar-refractivity contribution is -0.138. The molecule has 1 saturated heterocycles. The molecule has 0 spiro atoms. The van der Waals surface area contributed by atoms with Crippen LogP contribution in [0.15, 0.2) is 54.6 Å². The first-order valence-electron chi connectivity index (χ1n) is 10.4. The van der Waals surface area contributed by atoms with Crippen LogP contribution in [-0.2, 0) is 11.2 Å². The number of nitrogens with zero attached hydrogens (tertiary/aromatic N) is 4. The second-order valence-corrected chi connectivity index (χ2v) is 8.21. The van der Waals surface area contributed by atoms with Crippen LogP contribution in [0.1, 0.15) is 5.56 Å². The van der Waals surface area contributed by atoms with Crippen molar-refractivity contribution < 1.29 is 9.90 Å². The van der Waals surface area contributed by atoms with Gasteiger partial charge in [0, 0.05) is 48.5 Å². The summed E-state index contributed by atoms with van der Waals surface area (Å²) in [7, 11) is 0. The van der Waals surface area contributed by atoms with E-state index in [1.165, 1.54) is 0 Å². The van der Waals surface area contributed by atoms with Gasteiger partial charge in [-0.2, -0.15) is 4.98 Å². The van der Waals surface area contributed by atoms with Crippen LogP contribution in [0.2, 0.25) is 5.02 Å². The Morgan fingerprint density at radius 3 is 2.38 bits per heavy atom. The number of carboxylic acids is 1. The number of rotatable bonds is 6. The number of nitrogens with two attached hydrogens (primary N) is 2. The lowest BCUT2D eigenvalue weighted by Gasteiger charge is -2.36. The van der Waals surface area contributed by atoms with Gasteiger partial charge in [0.2, 0.25) is 5.95 Å². The smallest absolute Gasteiger partial charge is 0.320 e. The molecule has 8 nitrogen and oxygen atoms in total. The molecule has 3 aromatic rings. The van der Waals surface area contributed by atoms with E-state index >= 15 is 0 Å². The molecule has 0 radical (unpaired) electrons. The molecular formula is C23H25ClN6O2. The molecule has 9 heteroatoms. The van der Waals surface area contributed by atoms with Gasteiger partial charge in [0.05, 0.1) is 5.69 Å². The Morgan fingerprint density at radius 2 is 1.72 bits per heavy atom. The van der Waals surface area contributed by atoms with Crippen LogP contribution in [-0.4, -0.2) is 53.3 Å². The highest BCUT2D eigenvalue weighted by atomic mass is 35.5. The molecule has 2 heterocycles. The van der Waals surface area contributed by atoms with Gasteiger partial charge >= 0.3 is 5.97 Å². The summed E-state index contributed by atoms with van der Waals surface area (Å²) in [6.45, 7) is 3.29. The third kappa shape index (κ3) is 5.09. The van der Waals surface area contributed by atoms with E-state index in [9.17, 15) is 4.79 Å². The van der Waals surface area contributed by atoms with Gasteiger partial charge in [-0.15, -0.1) is 0 Å². The molecule has 1 atom stereocenters. The lowest BCUT2D eigenvalue weighted by atomic mass is 10.0. The summed E-state index contributed by atoms with van der Waals surface area (Å²) in [6, 6.07) is 16.4. The summed E-state index contributed by atoms with van der Waals surface area (Å²) < 4.78 is 0. The van der Waals surface area contributed by atoms with E-state index in [0.29, 0.717) is 0 Å². The van der Waals surface area contributed by atoms with Gasteiger partial charge in [0.25, 0.3) is 0 Å². The zero-order valence-corrected chi connectivity index (χ0v) is 18.2. The van der Waals surface area contributed by atoms with E-state index in [-0.39, 0.29) is 12.4 Å². The van der Waals surface area contributed by atoms with Gasteiger partial charge in [0.1, 0.15) is 11.9 Å². The van der Waals surface area contributed by atoms with Gasteiger partial charge in [-0.3, -0.25) is 4.79 Å². The lowest BCUT2D eigenvalue weighted by Crippen LogP contribution is -2.46. The molecule has 1 unspecified atom stereocenters. The van der Waals surface area contributed by atoms with Crippen LogP contribution >= 0.6 is 11.6 Å². The maximum atomic E-state index is 11.0. The Balaban J connectivity index is 1.47. The number of hydrogen-bond acceptors (Lipinski definition) is 7. The standard InChI is InChI=1S/C23H25ClN6O2/c24-17-2-1-3-18(13-17)29-8-10-30(11-9-29)21-14-20(27-23(26)28-21)16-6-4-15(5-7-16)12-19(25)22(31)32/h1-7,13-14,19H,8-12,25H2,(H,31,32)(H2,26,27,28). The Bertz CT molecular complexity index is 1100. The molecular weight excluding hydrogens is 428 g/mol. The number of aliphatic carboxylic acids is 1. The van der Waals surface area contributed by atoms with Crippen molar-refractivity contribution in [3.8, 4) is 11.3 Å². The van der Waals surface area contributed by atoms with Crippen molar-refractivity contribution in [3.05, 3.63) is 65.2 Å². The second kappa shape index (κ2) is 9.42. The normalized spacial score (nSPS) is 14.9. The van der Waals surface area contributed by atoms with E-state index in [4.69, 9.17) is 28.2 Å². The summed E-state index contributed by atoms with van der Waals surface area (Å²) in [5.41, 5.74) is 15.2. The predicted octanol–water partition coefficient (Wildman–Crippen LogP) is 2.66. The number of carbonyl (C=O) groups is 1. The van der Waals surface area contributed by atoms with E-state index in [1.807, 2.05) is 48.5 Å². The van der Waals surface area contributed by atoms with Crippen LogP contribution in [0.25, 0.3) is 11.3 Å². The van der Waals surface area contributed by atoms with Gasteiger partial charge < -0.3 is 26.4 Å². The molecule has 0 bridgehead atoms. The van der Waals surface area contributed by atoms with Crippen molar-refractivity contribution in [2.45, 2.75) is 12.5 Å². The highest BCUT2D eigenvalue weighted by Crippen LogP contribution is 2.26. The van der Waals surface area contributed by atoms with E-state index < -0.39 is 12.0 Å². The third-order valence-corrected chi connectivity index (χ3v) is 5.76. The van der Waals surface area contributed by atoms with Crippen molar-refractivity contribution in [1.82, 2.24) is 9.97 Å². The number of benzene rings is 2. The Labute approximate surface area is 191 Å². The zero-order valence-electron chi connectivity index (χ0n) is 17.5. The number of anilines is 3. The van der Waals surface area contributed by atoms with Crippen LogP contribution in [0, 0.1) is 0 Å². The van der Waals surface area contributed by atoms with E-state index in [0.717, 1.165) is 59.5 Å². The van der Waals surface area contributed by atoms with Crippen LogP contribution in [0.3, 0.4) is 0 Å². The third-order valence-electron chi connectivity index (χ3n) is 5.53. The highest BCUT2D eigenvalue weighted by Gasteiger charge is 2.20. The van der Waals surface area contributed by atoms with Crippen molar-refractivity contribution in [2.75, 3.05) is 41.7 Å². The molecule has 32 heavy (non-hydrogen) atoms. The molecule has 0 amide bonds. The maximum absolute atomic E-state index is 11.0. The molecule has 1 aliphatic heterocycles. The van der Waals surface area contributed by atoms with Crippen LogP contribution < -0.4 is 21.3 Å². The molecule has 166 valence electrons. The van der Waals surface area contributed by atoms with Crippen molar-refractivity contribution in [1.29, 1.82) is 0 Å². The fraction of sp³-hybridized carbons (Fsp3) is 0.261. The SMILES string of the molecule is Nc1nc(-c2ccc(CC(N)C(=O)O)cc2)cc(N2CCN(c3cccc(Cl)c3)CC2)n1. The summed E-state index contributed by atoms with van der Waals surface area (Å²) in [6.07, 6.45) is 0.268. The minimum Gasteiger partial charge on any atom is -0.480 e. The predicted molar refractivity (Wildman–Crippen MR) is 127 cm³/mol. The Kier molecular flexibility index (Phi) is 6.43. The van der Waals surface area contributed by atoms with Gasteiger partial charge in [-0.25, -0.2) is 4.98 Å². The number of piperazine rings is 1. The average molecular weight is 453 g/mol. The molecule has 1 aliphatic rings. The summed E-state index contributed by atoms with van der Waals surface area (Å²) in [4.78, 5) is 24.3. The molecule has 0 saturated carbocycles. The first kappa shape index (κ1) is 21.9. The summed E-state index contributed by atoms with van der Waals surface area (Å²) >= 11 is 6.13. The van der Waals surface area contributed by atoms with Crippen molar-refractivity contribution in [2.24, 2.45) is 5.73 Å². The van der Waals surface area contributed by atoms with Gasteiger partial charge in [-0.1, -0.05) is 41.9 Å². The molecule has 0 aliphatic carbocycles. The minimum absolute atomic E-state index is 0.215. The number of aromatic nitrogens is 2. The average Bonchev–Trinajstić information content (AvgIpc) is 2.79. The number of halogens is 1. The van der Waals surface area contributed by atoms with Crippen LogP contribution in [0.5, 0.6) is 0 Å². The van der Waals surface area contributed by atoms with E-state index in [1.54, 1.807) is 0 Å². The van der Waals surface area contributed by atoms with Gasteiger partial charge in [0.15, 0.2) is 0 Å². The fourth-order valence-electron chi connectivity index (χ4n) is 3.78. The molecule has 1 fully saturated rings. The summed E-state index contributed by atoms with van der Waals surface area (Å²) in [5, 5.41) is 9.72. The highest BCUT2D eigenvalue weighted by molar-refractivity contribution is 6.30. The maximum Gasteiger partial charge on any atom is 0.320 e. The van der Waals surface area contributed by atoms with Gasteiger partial charge in [-0.05, 0) is 30.2 Å². The molecule has 1 aromatic heterocycles. The topological polar surface area (TPSA) is 122 Å². The first-order chi connectivity index (χ1) is 15.4. The monoisotopic (exact) mass is 452 g/mol. The number of hydrogen-bond donors (Lipinski definition) is 3. The number of carboxylic acid groups (broad SMARTS) is 1. The molecule has 2 aromatic carbocycles. The van der Waals surface area contributed by atoms with Crippen LogP contribution in [0.4, 0.5) is 17.5 Å². The largest absolute Gasteiger partial charge is 0.480 e. The molecule has 4 rings (SSSR count). The quantitative estimate of drug-likeness (QED) is 0.521. The molecule has 5 N–H and O–H groups in total. The fourth-order valence-corrected chi connectivity index (χ4v) is 3.97. The Morgan fingerprint density at radius 1 is 1.03 bits per heavy atom. The first-order valence-corrected chi connectivity index (χ1v) is 10.7. The Hall–Kier alpha value is -3.36.